The molecule has 0 amide bonds. The van der Waals surface area contributed by atoms with Gasteiger partial charge in [0.1, 0.15) is 0 Å². The molecule has 0 fully saturated rings. The van der Waals surface area contributed by atoms with Crippen LogP contribution in [0, 0.1) is 6.92 Å². The zero-order valence-corrected chi connectivity index (χ0v) is 12.8. The Bertz CT molecular complexity index is 935. The van der Waals surface area contributed by atoms with E-state index in [9.17, 15) is 4.79 Å². The van der Waals surface area contributed by atoms with Gasteiger partial charge in [-0.05, 0) is 47.1 Å². The van der Waals surface area contributed by atoms with Crippen molar-refractivity contribution in [2.75, 3.05) is 0 Å². The molecule has 0 unspecified atom stereocenters. The molecule has 0 spiro atoms. The van der Waals surface area contributed by atoms with E-state index < -0.39 is 0 Å². The normalized spacial score (nSPS) is 13.5. The van der Waals surface area contributed by atoms with E-state index in [1.807, 2.05) is 24.3 Å². The van der Waals surface area contributed by atoms with Gasteiger partial charge < -0.3 is 14.3 Å². The van der Waals surface area contributed by atoms with Crippen LogP contribution in [0.3, 0.4) is 0 Å². The molecule has 0 saturated heterocycles. The smallest absolute Gasteiger partial charge is 0.403 e. The molecule has 0 radical (unpaired) electrons. The van der Waals surface area contributed by atoms with E-state index in [0.29, 0.717) is 18.6 Å². The van der Waals surface area contributed by atoms with E-state index in [4.69, 9.17) is 9.31 Å². The molecule has 0 saturated carbocycles. The molecule has 1 aromatic heterocycles. The second-order valence-electron chi connectivity index (χ2n) is 5.88. The second kappa shape index (κ2) is 5.68. The van der Waals surface area contributed by atoms with Crippen molar-refractivity contribution >= 4 is 23.4 Å². The number of aromatic amines is 1. The lowest BCUT2D eigenvalue weighted by molar-refractivity contribution is 0.204. The summed E-state index contributed by atoms with van der Waals surface area (Å²) < 4.78 is 11.7. The zero-order valence-electron chi connectivity index (χ0n) is 12.8. The molecule has 1 aliphatic rings. The monoisotopic (exact) mass is 305 g/mol. The van der Waals surface area contributed by atoms with Crippen molar-refractivity contribution in [3.8, 4) is 0 Å². The number of rotatable bonds is 3. The Kier molecular flexibility index (Phi) is 3.52. The highest BCUT2D eigenvalue weighted by Crippen LogP contribution is 2.16. The second-order valence-corrected chi connectivity index (χ2v) is 5.88. The lowest BCUT2D eigenvalue weighted by Gasteiger charge is -2.09. The van der Waals surface area contributed by atoms with Crippen molar-refractivity contribution in [1.82, 2.24) is 4.98 Å². The molecule has 0 bridgehead atoms. The predicted octanol–water partition coefficient (Wildman–Crippen LogP) is 2.28. The van der Waals surface area contributed by atoms with Gasteiger partial charge in [-0.15, -0.1) is 0 Å². The molecular weight excluding hydrogens is 289 g/mol. The van der Waals surface area contributed by atoms with Crippen molar-refractivity contribution in [1.29, 1.82) is 0 Å². The Morgan fingerprint density at radius 2 is 2.13 bits per heavy atom. The van der Waals surface area contributed by atoms with Crippen LogP contribution in [0.25, 0.3) is 10.8 Å². The van der Waals surface area contributed by atoms with E-state index in [0.717, 1.165) is 16.4 Å². The van der Waals surface area contributed by atoms with Gasteiger partial charge in [0.2, 0.25) is 0 Å². The topological polar surface area (TPSA) is 51.3 Å². The highest BCUT2D eigenvalue weighted by atomic mass is 16.6. The summed E-state index contributed by atoms with van der Waals surface area (Å²) in [7, 11) is -0.320. The molecular formula is C18H16BNO3. The molecule has 4 rings (SSSR count). The fraction of sp³-hybridized carbons (Fsp3) is 0.167. The van der Waals surface area contributed by atoms with Crippen LogP contribution in [0.5, 0.6) is 0 Å². The van der Waals surface area contributed by atoms with E-state index in [2.05, 4.69) is 30.1 Å². The molecule has 5 heteroatoms. The minimum atomic E-state index is -0.320. The van der Waals surface area contributed by atoms with Gasteiger partial charge in [-0.1, -0.05) is 29.8 Å². The standard InChI is InChI=1S/C18H16BNO3/c1-12-2-4-15-11-23-19(17(15)8-12)22-10-13-3-5-16-14(9-13)6-7-20-18(16)21/h2-9H,10-11H2,1H3,(H,20,21). The van der Waals surface area contributed by atoms with E-state index >= 15 is 0 Å². The van der Waals surface area contributed by atoms with Crippen LogP contribution in [0.2, 0.25) is 0 Å². The summed E-state index contributed by atoms with van der Waals surface area (Å²) in [6.45, 7) is 3.10. The fourth-order valence-electron chi connectivity index (χ4n) is 2.96. The Morgan fingerprint density at radius 1 is 1.22 bits per heavy atom. The molecule has 0 aliphatic carbocycles. The zero-order chi connectivity index (χ0) is 15.8. The van der Waals surface area contributed by atoms with Crippen molar-refractivity contribution < 1.29 is 9.31 Å². The lowest BCUT2D eigenvalue weighted by Crippen LogP contribution is -2.32. The van der Waals surface area contributed by atoms with Gasteiger partial charge in [0, 0.05) is 11.6 Å². The summed E-state index contributed by atoms with van der Waals surface area (Å²) in [5, 5.41) is 1.60. The van der Waals surface area contributed by atoms with Crippen LogP contribution in [-0.4, -0.2) is 12.1 Å². The molecule has 3 aromatic rings. The maximum absolute atomic E-state index is 11.7. The van der Waals surface area contributed by atoms with Gasteiger partial charge in [0.05, 0.1) is 13.2 Å². The average molecular weight is 305 g/mol. The first kappa shape index (κ1) is 14.2. The van der Waals surface area contributed by atoms with Crippen LogP contribution in [0.15, 0.2) is 53.5 Å². The van der Waals surface area contributed by atoms with Crippen LogP contribution < -0.4 is 11.0 Å². The van der Waals surface area contributed by atoms with E-state index in [1.54, 1.807) is 6.20 Å². The molecule has 2 aromatic carbocycles. The van der Waals surface area contributed by atoms with Crippen LogP contribution in [0.4, 0.5) is 0 Å². The third kappa shape index (κ3) is 2.69. The number of aromatic nitrogens is 1. The summed E-state index contributed by atoms with van der Waals surface area (Å²) >= 11 is 0. The van der Waals surface area contributed by atoms with Gasteiger partial charge in [-0.25, -0.2) is 0 Å². The van der Waals surface area contributed by atoms with E-state index in [-0.39, 0.29) is 12.7 Å². The van der Waals surface area contributed by atoms with E-state index in [1.165, 1.54) is 11.1 Å². The Balaban J connectivity index is 1.54. The highest BCUT2D eigenvalue weighted by molar-refractivity contribution is 6.62. The molecule has 23 heavy (non-hydrogen) atoms. The van der Waals surface area contributed by atoms with Crippen LogP contribution >= 0.6 is 0 Å². The minimum Gasteiger partial charge on any atom is -0.403 e. The highest BCUT2D eigenvalue weighted by Gasteiger charge is 2.30. The number of pyridine rings is 1. The predicted molar refractivity (Wildman–Crippen MR) is 90.7 cm³/mol. The molecule has 4 nitrogen and oxygen atoms in total. The number of hydrogen-bond donors (Lipinski definition) is 1. The Labute approximate surface area is 134 Å². The average Bonchev–Trinajstić information content (AvgIpc) is 2.95. The third-order valence-electron chi connectivity index (χ3n) is 4.18. The summed E-state index contributed by atoms with van der Waals surface area (Å²) in [6, 6.07) is 13.9. The first-order valence-electron chi connectivity index (χ1n) is 7.64. The van der Waals surface area contributed by atoms with Gasteiger partial charge >= 0.3 is 7.12 Å². The van der Waals surface area contributed by atoms with Gasteiger partial charge in [0.25, 0.3) is 5.56 Å². The van der Waals surface area contributed by atoms with Crippen molar-refractivity contribution in [3.63, 3.8) is 0 Å². The molecule has 1 N–H and O–H groups in total. The number of hydrogen-bond acceptors (Lipinski definition) is 3. The van der Waals surface area contributed by atoms with Crippen molar-refractivity contribution in [2.45, 2.75) is 20.1 Å². The van der Waals surface area contributed by atoms with Gasteiger partial charge in [-0.2, -0.15) is 0 Å². The number of fused-ring (bicyclic) bond motifs is 2. The Morgan fingerprint density at radius 3 is 3.04 bits per heavy atom. The summed E-state index contributed by atoms with van der Waals surface area (Å²) in [5.41, 5.74) is 4.45. The number of benzene rings is 2. The first-order chi connectivity index (χ1) is 11.2. The minimum absolute atomic E-state index is 0.0708. The molecule has 0 atom stereocenters. The largest absolute Gasteiger partial charge is 0.494 e. The molecule has 1 aliphatic heterocycles. The fourth-order valence-corrected chi connectivity index (χ4v) is 2.96. The van der Waals surface area contributed by atoms with Crippen LogP contribution in [-0.2, 0) is 22.5 Å². The summed E-state index contributed by atoms with van der Waals surface area (Å²) in [6.07, 6.45) is 1.66. The number of nitrogens with one attached hydrogen (secondary N) is 1. The third-order valence-corrected chi connectivity index (χ3v) is 4.18. The SMILES string of the molecule is Cc1ccc2c(c1)B(OCc1ccc3c(=O)[nH]ccc3c1)OC2. The van der Waals surface area contributed by atoms with Crippen molar-refractivity contribution in [3.05, 3.63) is 75.7 Å². The lowest BCUT2D eigenvalue weighted by atomic mass is 9.78. The quantitative estimate of drug-likeness (QED) is 0.755. The number of H-pyrrole nitrogens is 1. The maximum Gasteiger partial charge on any atom is 0.494 e. The molecule has 114 valence electrons. The summed E-state index contributed by atoms with van der Waals surface area (Å²) in [5.74, 6) is 0. The van der Waals surface area contributed by atoms with Gasteiger partial charge in [-0.3, -0.25) is 4.79 Å². The van der Waals surface area contributed by atoms with Crippen LogP contribution in [0.1, 0.15) is 16.7 Å². The Hall–Kier alpha value is -2.37. The number of aryl methyl sites for hydroxylation is 1. The maximum atomic E-state index is 11.7. The summed E-state index contributed by atoms with van der Waals surface area (Å²) in [4.78, 5) is 14.4. The van der Waals surface area contributed by atoms with Gasteiger partial charge in [0.15, 0.2) is 0 Å². The molecule has 2 heterocycles. The van der Waals surface area contributed by atoms with Crippen molar-refractivity contribution in [2.24, 2.45) is 0 Å². The first-order valence-corrected chi connectivity index (χ1v) is 7.64.